The highest BCUT2D eigenvalue weighted by molar-refractivity contribution is 5.94. The first-order valence-corrected chi connectivity index (χ1v) is 11.5. The van der Waals surface area contributed by atoms with Crippen LogP contribution in [-0.4, -0.2) is 20.9 Å². The highest BCUT2D eigenvalue weighted by Gasteiger charge is 2.23. The molecule has 0 spiro atoms. The molecule has 3 aromatic carbocycles. The lowest BCUT2D eigenvalue weighted by atomic mass is 9.91. The molecule has 0 aliphatic carbocycles. The number of hydrogen-bond acceptors (Lipinski definition) is 7. The van der Waals surface area contributed by atoms with Gasteiger partial charge in [0.05, 0.1) is 17.1 Å². The number of rotatable bonds is 7. The number of para-hydroxylation sites is 1. The molecular weight excluding hydrogens is 450 g/mol. The van der Waals surface area contributed by atoms with Crippen molar-refractivity contribution in [2.45, 2.75) is 12.8 Å². The van der Waals surface area contributed by atoms with Gasteiger partial charge in [0.15, 0.2) is 11.6 Å². The van der Waals surface area contributed by atoms with Gasteiger partial charge in [-0.1, -0.05) is 78.9 Å². The molecule has 8 nitrogen and oxygen atoms in total. The Morgan fingerprint density at radius 3 is 2.17 bits per heavy atom. The Bertz CT molecular complexity index is 1470. The maximum Gasteiger partial charge on any atom is 0.250 e. The van der Waals surface area contributed by atoms with E-state index in [1.165, 1.54) is 6.33 Å². The number of nitrogens with two attached hydrogens (primary N) is 1. The van der Waals surface area contributed by atoms with Crippen molar-refractivity contribution in [3.8, 4) is 0 Å². The Labute approximate surface area is 208 Å². The summed E-state index contributed by atoms with van der Waals surface area (Å²) in [6.07, 6.45) is 1.38. The molecule has 178 valence electrons. The topological polar surface area (TPSA) is 118 Å². The van der Waals surface area contributed by atoms with Crippen molar-refractivity contribution in [1.82, 2.24) is 20.4 Å². The van der Waals surface area contributed by atoms with E-state index in [2.05, 4.69) is 31.1 Å². The van der Waals surface area contributed by atoms with Gasteiger partial charge in [0, 0.05) is 11.1 Å². The lowest BCUT2D eigenvalue weighted by Gasteiger charge is -2.19. The predicted octanol–water partition coefficient (Wildman–Crippen LogP) is 4.93. The lowest BCUT2D eigenvalue weighted by Crippen LogP contribution is -2.35. The number of carbonyl (C=O) groups excluding carboxylic acids is 1. The first-order chi connectivity index (χ1) is 17.6. The van der Waals surface area contributed by atoms with Crippen molar-refractivity contribution in [2.75, 3.05) is 16.5 Å². The minimum absolute atomic E-state index is 0.242. The number of aryl methyl sites for hydroxylation is 1. The summed E-state index contributed by atoms with van der Waals surface area (Å²) < 4.78 is 0. The number of anilines is 4. The third-order valence-corrected chi connectivity index (χ3v) is 5.83. The van der Waals surface area contributed by atoms with Gasteiger partial charge in [-0.25, -0.2) is 9.97 Å². The highest BCUT2D eigenvalue weighted by Crippen LogP contribution is 2.30. The molecule has 0 aliphatic rings. The van der Waals surface area contributed by atoms with E-state index >= 15 is 0 Å². The summed E-state index contributed by atoms with van der Waals surface area (Å²) in [5.74, 6) is -0.0653. The van der Waals surface area contributed by atoms with Gasteiger partial charge in [-0.05, 0) is 30.2 Å². The molecule has 5 rings (SSSR count). The smallest absolute Gasteiger partial charge is 0.250 e. The van der Waals surface area contributed by atoms with Crippen LogP contribution in [0, 0.1) is 6.92 Å². The van der Waals surface area contributed by atoms with Gasteiger partial charge in [-0.2, -0.15) is 0 Å². The van der Waals surface area contributed by atoms with Gasteiger partial charge in [0.25, 0.3) is 0 Å². The molecule has 2 aromatic heterocycles. The number of carbonyl (C=O) groups is 1. The predicted molar refractivity (Wildman–Crippen MR) is 143 cm³/mol. The first-order valence-electron chi connectivity index (χ1n) is 11.5. The summed E-state index contributed by atoms with van der Waals surface area (Å²) in [5, 5.41) is 4.25. The van der Waals surface area contributed by atoms with Crippen molar-refractivity contribution < 1.29 is 4.79 Å². The zero-order valence-electron chi connectivity index (χ0n) is 19.6. The molecule has 5 aromatic rings. The van der Waals surface area contributed by atoms with E-state index in [1.807, 2.05) is 97.9 Å². The normalized spacial score (nSPS) is 10.8. The van der Waals surface area contributed by atoms with E-state index in [4.69, 9.17) is 5.73 Å². The van der Waals surface area contributed by atoms with Crippen molar-refractivity contribution in [2.24, 2.45) is 0 Å². The average molecular weight is 476 g/mol. The van der Waals surface area contributed by atoms with Crippen LogP contribution in [0.1, 0.15) is 22.7 Å². The molecule has 0 unspecified atom stereocenters. The molecule has 8 heteroatoms. The molecule has 0 aliphatic heterocycles. The fourth-order valence-corrected chi connectivity index (χ4v) is 4.05. The van der Waals surface area contributed by atoms with Crippen LogP contribution in [0.5, 0.6) is 0 Å². The molecule has 5 N–H and O–H groups in total. The van der Waals surface area contributed by atoms with Gasteiger partial charge in [0.2, 0.25) is 5.91 Å². The summed E-state index contributed by atoms with van der Waals surface area (Å²) in [4.78, 5) is 26.5. The fraction of sp³-hybridized carbons (Fsp3) is 0.0714. The summed E-state index contributed by atoms with van der Waals surface area (Å²) in [7, 11) is 0. The lowest BCUT2D eigenvalue weighted by molar-refractivity contribution is -0.121. The maximum atomic E-state index is 13.3. The van der Waals surface area contributed by atoms with Gasteiger partial charge in [-0.15, -0.1) is 0 Å². The number of benzene rings is 3. The molecule has 1 amide bonds. The van der Waals surface area contributed by atoms with E-state index < -0.39 is 5.92 Å². The highest BCUT2D eigenvalue weighted by atomic mass is 16.2. The largest absolute Gasteiger partial charge is 0.393 e. The number of fused-ring (bicyclic) bond motifs is 1. The van der Waals surface area contributed by atoms with Gasteiger partial charge < -0.3 is 11.1 Å². The summed E-state index contributed by atoms with van der Waals surface area (Å²) in [5.41, 5.74) is 16.5. The second-order valence-corrected chi connectivity index (χ2v) is 8.31. The zero-order chi connectivity index (χ0) is 24.9. The molecule has 0 fully saturated rings. The minimum Gasteiger partial charge on any atom is -0.393 e. The monoisotopic (exact) mass is 475 g/mol. The molecule has 0 bridgehead atoms. The number of hydrazine groups is 1. The summed E-state index contributed by atoms with van der Waals surface area (Å²) >= 11 is 0. The van der Waals surface area contributed by atoms with Crippen LogP contribution in [0.25, 0.3) is 10.9 Å². The van der Waals surface area contributed by atoms with Crippen LogP contribution >= 0.6 is 0 Å². The summed E-state index contributed by atoms with van der Waals surface area (Å²) in [6.45, 7) is 1.94. The molecular formula is C28H25N7O. The number of aromatic nitrogens is 3. The molecule has 0 radical (unpaired) electrons. The molecule has 0 atom stereocenters. The second-order valence-electron chi connectivity index (χ2n) is 8.31. The van der Waals surface area contributed by atoms with Crippen molar-refractivity contribution in [3.05, 3.63) is 114 Å². The molecule has 2 heterocycles. The first kappa shape index (κ1) is 22.8. The van der Waals surface area contributed by atoms with Crippen LogP contribution in [0.2, 0.25) is 0 Å². The van der Waals surface area contributed by atoms with Crippen LogP contribution in [0.4, 0.5) is 23.0 Å². The van der Waals surface area contributed by atoms with Crippen LogP contribution in [-0.2, 0) is 4.79 Å². The second kappa shape index (κ2) is 10.1. The third kappa shape index (κ3) is 4.78. The van der Waals surface area contributed by atoms with E-state index in [-0.39, 0.29) is 17.4 Å². The Balaban J connectivity index is 1.38. The number of pyridine rings is 1. The van der Waals surface area contributed by atoms with Gasteiger partial charge >= 0.3 is 0 Å². The third-order valence-electron chi connectivity index (χ3n) is 5.83. The van der Waals surface area contributed by atoms with Gasteiger partial charge in [0.1, 0.15) is 12.0 Å². The standard InChI is InChI=1S/C28H25N7O/c1-18-15-16-21-13-8-14-22(25(21)32-18)33-26-24(29)27(31-17-30-26)34-35-28(36)23(19-9-4-2-5-10-19)20-11-6-3-7-12-20/h2-17,23H,29H2,1H3,(H,35,36)(H2,30,31,33,34). The Kier molecular flexibility index (Phi) is 6.40. The Morgan fingerprint density at radius 2 is 1.47 bits per heavy atom. The van der Waals surface area contributed by atoms with Gasteiger partial charge in [-0.3, -0.25) is 20.6 Å². The van der Waals surface area contributed by atoms with Crippen molar-refractivity contribution in [3.63, 3.8) is 0 Å². The molecule has 0 saturated carbocycles. The summed E-state index contributed by atoms with van der Waals surface area (Å²) in [6, 6.07) is 29.0. The SMILES string of the molecule is Cc1ccc2cccc(Nc3ncnc(NNC(=O)C(c4ccccc4)c4ccccc4)c3N)c2n1. The quantitative estimate of drug-likeness (QED) is 0.246. The van der Waals surface area contributed by atoms with E-state index in [0.717, 1.165) is 33.4 Å². The van der Waals surface area contributed by atoms with Crippen LogP contribution in [0.15, 0.2) is 97.3 Å². The van der Waals surface area contributed by atoms with Crippen molar-refractivity contribution in [1.29, 1.82) is 0 Å². The fourth-order valence-electron chi connectivity index (χ4n) is 4.05. The zero-order valence-corrected chi connectivity index (χ0v) is 19.6. The maximum absolute atomic E-state index is 13.3. The van der Waals surface area contributed by atoms with E-state index in [1.54, 1.807) is 0 Å². The number of hydrogen-bond donors (Lipinski definition) is 4. The molecule has 0 saturated heterocycles. The van der Waals surface area contributed by atoms with Crippen LogP contribution in [0.3, 0.4) is 0 Å². The number of nitrogen functional groups attached to an aromatic ring is 1. The van der Waals surface area contributed by atoms with E-state index in [9.17, 15) is 4.79 Å². The number of nitrogens with zero attached hydrogens (tertiary/aromatic N) is 3. The molecule has 36 heavy (non-hydrogen) atoms. The Morgan fingerprint density at radius 1 is 0.806 bits per heavy atom. The Hall–Kier alpha value is -4.98. The number of amides is 1. The van der Waals surface area contributed by atoms with Crippen LogP contribution < -0.4 is 21.9 Å². The average Bonchev–Trinajstić information content (AvgIpc) is 2.91. The minimum atomic E-state index is -0.509. The van der Waals surface area contributed by atoms with E-state index in [0.29, 0.717) is 5.82 Å². The number of nitrogens with one attached hydrogen (secondary N) is 3. The van der Waals surface area contributed by atoms with Crippen molar-refractivity contribution >= 4 is 39.8 Å².